The molecule has 0 amide bonds. The van der Waals surface area contributed by atoms with Gasteiger partial charge in [0.25, 0.3) is 0 Å². The molecule has 0 saturated carbocycles. The molecule has 2 rings (SSSR count). The van der Waals surface area contributed by atoms with Gasteiger partial charge in [0.2, 0.25) is 0 Å². The molecule has 0 aromatic heterocycles. The lowest BCUT2D eigenvalue weighted by Crippen LogP contribution is -2.36. The number of nitrogens with one attached hydrogen (secondary N) is 2. The first-order valence-corrected chi connectivity index (χ1v) is 7.33. The molecule has 0 radical (unpaired) electrons. The van der Waals surface area contributed by atoms with Crippen LogP contribution in [-0.2, 0) is 0 Å². The number of anilines is 1. The minimum Gasteiger partial charge on any atom is -0.388 e. The van der Waals surface area contributed by atoms with Crippen molar-refractivity contribution in [1.29, 1.82) is 0 Å². The number of hydrogen-bond donors (Lipinski definition) is 2. The average molecular weight is 289 g/mol. The van der Waals surface area contributed by atoms with E-state index in [0.717, 1.165) is 37.2 Å². The van der Waals surface area contributed by atoms with Gasteiger partial charge in [-0.2, -0.15) is 0 Å². The fraction of sp³-hybridized carbons (Fsp3) is 0.412. The van der Waals surface area contributed by atoms with Crippen molar-refractivity contribution in [2.75, 3.05) is 32.5 Å². The summed E-state index contributed by atoms with van der Waals surface area (Å²) in [6.45, 7) is 9.79. The van der Waals surface area contributed by atoms with Gasteiger partial charge in [0.15, 0.2) is 0 Å². The number of piperidine rings is 1. The molecule has 0 atom stereocenters. The van der Waals surface area contributed by atoms with Crippen molar-refractivity contribution in [2.24, 2.45) is 0 Å². The zero-order chi connectivity index (χ0) is 15.4. The van der Waals surface area contributed by atoms with Crippen LogP contribution in [0.15, 0.2) is 25.3 Å². The third-order valence-corrected chi connectivity index (χ3v) is 4.06. The molecular weight excluding hydrogens is 265 g/mol. The summed E-state index contributed by atoms with van der Waals surface area (Å²) >= 11 is 0. The number of benzene rings is 1. The molecule has 0 aliphatic carbocycles. The second kappa shape index (κ2) is 6.76. The van der Waals surface area contributed by atoms with Gasteiger partial charge in [0, 0.05) is 30.0 Å². The summed E-state index contributed by atoms with van der Waals surface area (Å²) < 4.78 is 14.2. The zero-order valence-electron chi connectivity index (χ0n) is 12.9. The van der Waals surface area contributed by atoms with E-state index in [4.69, 9.17) is 0 Å². The highest BCUT2D eigenvalue weighted by molar-refractivity contribution is 5.73. The van der Waals surface area contributed by atoms with Gasteiger partial charge in [-0.3, -0.25) is 0 Å². The SMILES string of the molecule is C=Cc1cc(C(=C)NC)c(F)cc1NC1CCN(C)CC1. The molecule has 1 aromatic carbocycles. The quantitative estimate of drug-likeness (QED) is 0.872. The summed E-state index contributed by atoms with van der Waals surface area (Å²) in [5, 5.41) is 6.34. The number of rotatable bonds is 5. The number of hydrogen-bond acceptors (Lipinski definition) is 3. The van der Waals surface area contributed by atoms with Crippen molar-refractivity contribution in [3.8, 4) is 0 Å². The van der Waals surface area contributed by atoms with E-state index in [-0.39, 0.29) is 5.82 Å². The first kappa shape index (κ1) is 15.6. The maximum Gasteiger partial charge on any atom is 0.134 e. The van der Waals surface area contributed by atoms with Crippen molar-refractivity contribution >= 4 is 17.5 Å². The van der Waals surface area contributed by atoms with Crippen LogP contribution in [0, 0.1) is 5.82 Å². The van der Waals surface area contributed by atoms with Crippen LogP contribution in [-0.4, -0.2) is 38.1 Å². The second-order valence-corrected chi connectivity index (χ2v) is 5.57. The fourth-order valence-corrected chi connectivity index (χ4v) is 2.62. The summed E-state index contributed by atoms with van der Waals surface area (Å²) in [6.07, 6.45) is 3.89. The maximum atomic E-state index is 14.2. The Kier molecular flexibility index (Phi) is 5.02. The highest BCUT2D eigenvalue weighted by Gasteiger charge is 2.18. The van der Waals surface area contributed by atoms with Crippen LogP contribution in [0.2, 0.25) is 0 Å². The monoisotopic (exact) mass is 289 g/mol. The van der Waals surface area contributed by atoms with Gasteiger partial charge in [-0.25, -0.2) is 4.39 Å². The Bertz CT molecular complexity index is 531. The predicted octanol–water partition coefficient (Wildman–Crippen LogP) is 3.16. The summed E-state index contributed by atoms with van der Waals surface area (Å²) in [5.41, 5.74) is 2.77. The molecule has 0 unspecified atom stereocenters. The molecular formula is C17H24FN3. The van der Waals surface area contributed by atoms with Crippen LogP contribution in [0.25, 0.3) is 11.8 Å². The smallest absolute Gasteiger partial charge is 0.134 e. The Hall–Kier alpha value is -1.81. The summed E-state index contributed by atoms with van der Waals surface area (Å²) in [6, 6.07) is 3.73. The van der Waals surface area contributed by atoms with E-state index in [9.17, 15) is 4.39 Å². The molecule has 1 saturated heterocycles. The molecule has 1 heterocycles. The highest BCUT2D eigenvalue weighted by atomic mass is 19.1. The van der Waals surface area contributed by atoms with Crippen molar-refractivity contribution < 1.29 is 4.39 Å². The molecule has 114 valence electrons. The molecule has 0 bridgehead atoms. The lowest BCUT2D eigenvalue weighted by molar-refractivity contribution is 0.264. The van der Waals surface area contributed by atoms with E-state index in [2.05, 4.69) is 35.7 Å². The molecule has 21 heavy (non-hydrogen) atoms. The van der Waals surface area contributed by atoms with Crippen LogP contribution in [0.1, 0.15) is 24.0 Å². The largest absolute Gasteiger partial charge is 0.388 e. The lowest BCUT2D eigenvalue weighted by atomic mass is 10.0. The Morgan fingerprint density at radius 3 is 2.62 bits per heavy atom. The van der Waals surface area contributed by atoms with E-state index in [1.807, 2.05) is 0 Å². The van der Waals surface area contributed by atoms with Crippen LogP contribution >= 0.6 is 0 Å². The van der Waals surface area contributed by atoms with Crippen LogP contribution in [0.4, 0.5) is 10.1 Å². The third kappa shape index (κ3) is 3.64. The molecule has 3 nitrogen and oxygen atoms in total. The first-order valence-electron chi connectivity index (χ1n) is 7.33. The molecule has 2 N–H and O–H groups in total. The molecule has 1 aliphatic heterocycles. The Labute approximate surface area is 126 Å². The highest BCUT2D eigenvalue weighted by Crippen LogP contribution is 2.27. The van der Waals surface area contributed by atoms with Crippen molar-refractivity contribution in [3.05, 3.63) is 42.2 Å². The molecule has 1 fully saturated rings. The van der Waals surface area contributed by atoms with Gasteiger partial charge in [-0.15, -0.1) is 0 Å². The van der Waals surface area contributed by atoms with Gasteiger partial charge >= 0.3 is 0 Å². The fourth-order valence-electron chi connectivity index (χ4n) is 2.62. The standard InChI is InChI=1S/C17H24FN3/c1-5-13-10-15(12(2)19-3)16(18)11-17(13)20-14-6-8-21(4)9-7-14/h5,10-11,14,19-20H,1-2,6-9H2,3-4H3. The summed E-state index contributed by atoms with van der Waals surface area (Å²) in [7, 11) is 3.86. The summed E-state index contributed by atoms with van der Waals surface area (Å²) in [5.74, 6) is -0.268. The Balaban J connectivity index is 2.21. The van der Waals surface area contributed by atoms with Crippen LogP contribution in [0.3, 0.4) is 0 Å². The van der Waals surface area contributed by atoms with Crippen LogP contribution in [0.5, 0.6) is 0 Å². The lowest BCUT2D eigenvalue weighted by Gasteiger charge is -2.30. The zero-order valence-corrected chi connectivity index (χ0v) is 12.9. The maximum absolute atomic E-state index is 14.2. The Morgan fingerprint density at radius 1 is 1.38 bits per heavy atom. The van der Waals surface area contributed by atoms with Crippen LogP contribution < -0.4 is 10.6 Å². The van der Waals surface area contributed by atoms with E-state index in [0.29, 0.717) is 17.3 Å². The molecule has 1 aliphatic rings. The van der Waals surface area contributed by atoms with Crippen molar-refractivity contribution in [3.63, 3.8) is 0 Å². The number of nitrogens with zero attached hydrogens (tertiary/aromatic N) is 1. The average Bonchev–Trinajstić information content (AvgIpc) is 2.49. The normalized spacial score (nSPS) is 16.5. The number of likely N-dealkylation sites (tertiary alicyclic amines) is 1. The van der Waals surface area contributed by atoms with Gasteiger partial charge in [-0.1, -0.05) is 19.2 Å². The molecule has 0 spiro atoms. The van der Waals surface area contributed by atoms with Gasteiger partial charge in [-0.05, 0) is 50.7 Å². The first-order chi connectivity index (χ1) is 10.0. The number of halogens is 1. The van der Waals surface area contributed by atoms with E-state index in [1.54, 1.807) is 25.3 Å². The minimum atomic E-state index is -0.268. The van der Waals surface area contributed by atoms with E-state index in [1.165, 1.54) is 0 Å². The van der Waals surface area contributed by atoms with Crippen molar-refractivity contribution in [2.45, 2.75) is 18.9 Å². The van der Waals surface area contributed by atoms with Gasteiger partial charge < -0.3 is 15.5 Å². The van der Waals surface area contributed by atoms with Gasteiger partial charge in [0.1, 0.15) is 5.82 Å². The second-order valence-electron chi connectivity index (χ2n) is 5.57. The topological polar surface area (TPSA) is 27.3 Å². The summed E-state index contributed by atoms with van der Waals surface area (Å²) in [4.78, 5) is 2.31. The molecule has 4 heteroatoms. The minimum absolute atomic E-state index is 0.268. The molecule has 1 aromatic rings. The predicted molar refractivity (Wildman–Crippen MR) is 88.7 cm³/mol. The third-order valence-electron chi connectivity index (χ3n) is 4.06. The van der Waals surface area contributed by atoms with Gasteiger partial charge in [0.05, 0.1) is 0 Å². The Morgan fingerprint density at radius 2 is 2.05 bits per heavy atom. The van der Waals surface area contributed by atoms with Crippen molar-refractivity contribution in [1.82, 2.24) is 10.2 Å². The van der Waals surface area contributed by atoms with E-state index >= 15 is 0 Å². The van der Waals surface area contributed by atoms with E-state index < -0.39 is 0 Å².